The third-order valence-corrected chi connectivity index (χ3v) is 3.59. The number of aryl methyl sites for hydroxylation is 1. The number of hydrazone groups is 1. The zero-order chi connectivity index (χ0) is 16.7. The van der Waals surface area contributed by atoms with E-state index in [0.717, 1.165) is 21.3 Å². The molecule has 0 unspecified atom stereocenters. The quantitative estimate of drug-likeness (QED) is 0.621. The maximum atomic E-state index is 11.7. The molecule has 5 nitrogen and oxygen atoms in total. The minimum atomic E-state index is -0.325. The van der Waals surface area contributed by atoms with Crippen LogP contribution in [-0.2, 0) is 4.79 Å². The van der Waals surface area contributed by atoms with E-state index in [1.54, 1.807) is 13.3 Å². The van der Waals surface area contributed by atoms with Crippen LogP contribution in [0.2, 0.25) is 0 Å². The van der Waals surface area contributed by atoms with Crippen molar-refractivity contribution in [3.63, 3.8) is 0 Å². The summed E-state index contributed by atoms with van der Waals surface area (Å²) in [7, 11) is 1.60. The van der Waals surface area contributed by atoms with Gasteiger partial charge in [-0.05, 0) is 58.7 Å². The van der Waals surface area contributed by atoms with Crippen molar-refractivity contribution in [1.29, 1.82) is 0 Å². The van der Waals surface area contributed by atoms with Gasteiger partial charge >= 0.3 is 0 Å². The highest BCUT2D eigenvalue weighted by molar-refractivity contribution is 9.10. The van der Waals surface area contributed by atoms with Crippen LogP contribution in [0.1, 0.15) is 11.1 Å². The van der Waals surface area contributed by atoms with Crippen molar-refractivity contribution in [2.45, 2.75) is 6.92 Å². The summed E-state index contributed by atoms with van der Waals surface area (Å²) in [6.07, 6.45) is 1.55. The molecule has 0 saturated heterocycles. The predicted octanol–water partition coefficient (Wildman–Crippen LogP) is 3.30. The molecule has 0 aromatic heterocycles. The Balaban J connectivity index is 1.81. The number of carbonyl (C=O) groups excluding carboxylic acids is 1. The first-order valence-electron chi connectivity index (χ1n) is 6.93. The number of ether oxygens (including phenoxy) is 2. The largest absolute Gasteiger partial charge is 0.496 e. The van der Waals surface area contributed by atoms with Crippen molar-refractivity contribution >= 4 is 28.1 Å². The normalized spacial score (nSPS) is 10.6. The van der Waals surface area contributed by atoms with E-state index in [1.165, 1.54) is 0 Å². The third kappa shape index (κ3) is 5.41. The first-order chi connectivity index (χ1) is 11.1. The van der Waals surface area contributed by atoms with Gasteiger partial charge in [0.15, 0.2) is 6.61 Å². The highest BCUT2D eigenvalue weighted by atomic mass is 79.9. The average molecular weight is 377 g/mol. The van der Waals surface area contributed by atoms with Crippen molar-refractivity contribution in [3.8, 4) is 11.5 Å². The first kappa shape index (κ1) is 17.0. The lowest BCUT2D eigenvalue weighted by molar-refractivity contribution is -0.123. The molecule has 0 fully saturated rings. The number of carbonyl (C=O) groups is 1. The van der Waals surface area contributed by atoms with E-state index < -0.39 is 0 Å². The second-order valence-corrected chi connectivity index (χ2v) is 5.64. The van der Waals surface area contributed by atoms with Crippen molar-refractivity contribution in [3.05, 3.63) is 58.1 Å². The Labute approximate surface area is 143 Å². The van der Waals surface area contributed by atoms with E-state index >= 15 is 0 Å². The van der Waals surface area contributed by atoms with Gasteiger partial charge in [0.2, 0.25) is 0 Å². The van der Waals surface area contributed by atoms with Crippen molar-refractivity contribution in [2.24, 2.45) is 5.10 Å². The Kier molecular flexibility index (Phi) is 6.17. The number of halogens is 1. The summed E-state index contributed by atoms with van der Waals surface area (Å²) in [4.78, 5) is 11.7. The Hall–Kier alpha value is -2.34. The maximum absolute atomic E-state index is 11.7. The summed E-state index contributed by atoms with van der Waals surface area (Å²) in [5.41, 5.74) is 4.39. The lowest BCUT2D eigenvalue weighted by Gasteiger charge is -2.05. The molecule has 0 bridgehead atoms. The molecule has 2 rings (SSSR count). The lowest BCUT2D eigenvalue weighted by Crippen LogP contribution is -2.24. The monoisotopic (exact) mass is 376 g/mol. The standard InChI is InChI=1S/C17H17BrN2O3/c1-12-3-6-14(7-4-12)23-11-17(21)20-19-10-13-5-8-16(22-2)15(18)9-13/h3-10H,11H2,1-2H3,(H,20,21)/b19-10+. The molecule has 2 aromatic rings. The second kappa shape index (κ2) is 8.33. The van der Waals surface area contributed by atoms with E-state index in [1.807, 2.05) is 49.4 Å². The predicted molar refractivity (Wildman–Crippen MR) is 93.1 cm³/mol. The Morgan fingerprint density at radius 1 is 1.26 bits per heavy atom. The molecule has 0 saturated carbocycles. The Morgan fingerprint density at radius 2 is 2.00 bits per heavy atom. The molecule has 23 heavy (non-hydrogen) atoms. The summed E-state index contributed by atoms with van der Waals surface area (Å²) in [5.74, 6) is 1.06. The lowest BCUT2D eigenvalue weighted by atomic mass is 10.2. The second-order valence-electron chi connectivity index (χ2n) is 4.79. The summed E-state index contributed by atoms with van der Waals surface area (Å²) in [5, 5.41) is 3.90. The van der Waals surface area contributed by atoms with Gasteiger partial charge in [0.1, 0.15) is 11.5 Å². The topological polar surface area (TPSA) is 59.9 Å². The van der Waals surface area contributed by atoms with E-state index in [0.29, 0.717) is 5.75 Å². The number of nitrogens with one attached hydrogen (secondary N) is 1. The third-order valence-electron chi connectivity index (χ3n) is 2.97. The fourth-order valence-electron chi connectivity index (χ4n) is 1.76. The number of methoxy groups -OCH3 is 1. The number of benzene rings is 2. The van der Waals surface area contributed by atoms with Crippen molar-refractivity contribution < 1.29 is 14.3 Å². The highest BCUT2D eigenvalue weighted by Crippen LogP contribution is 2.24. The molecule has 1 amide bonds. The minimum Gasteiger partial charge on any atom is -0.496 e. The van der Waals surface area contributed by atoms with Crippen LogP contribution in [0.5, 0.6) is 11.5 Å². The molecule has 1 N–H and O–H groups in total. The molecule has 0 heterocycles. The van der Waals surface area contributed by atoms with Crippen molar-refractivity contribution in [2.75, 3.05) is 13.7 Å². The van der Waals surface area contributed by atoms with E-state index in [4.69, 9.17) is 9.47 Å². The van der Waals surface area contributed by atoms with Crippen LogP contribution in [0.15, 0.2) is 52.0 Å². The number of nitrogens with zero attached hydrogens (tertiary/aromatic N) is 1. The van der Waals surface area contributed by atoms with Gasteiger partial charge < -0.3 is 9.47 Å². The summed E-state index contributed by atoms with van der Waals surface area (Å²) >= 11 is 3.39. The van der Waals surface area contributed by atoms with Crippen LogP contribution >= 0.6 is 15.9 Å². The van der Waals surface area contributed by atoms with Gasteiger partial charge in [0.05, 0.1) is 17.8 Å². The van der Waals surface area contributed by atoms with Gasteiger partial charge in [-0.15, -0.1) is 0 Å². The van der Waals surface area contributed by atoms with E-state index in [2.05, 4.69) is 26.5 Å². The summed E-state index contributed by atoms with van der Waals surface area (Å²) < 4.78 is 11.3. The molecule has 0 atom stereocenters. The van der Waals surface area contributed by atoms with Crippen LogP contribution < -0.4 is 14.9 Å². The average Bonchev–Trinajstić information content (AvgIpc) is 2.54. The zero-order valence-corrected chi connectivity index (χ0v) is 14.5. The number of hydrogen-bond donors (Lipinski definition) is 1. The van der Waals surface area contributed by atoms with Gasteiger partial charge in [-0.1, -0.05) is 17.7 Å². The Bertz CT molecular complexity index is 699. The SMILES string of the molecule is COc1ccc(/C=N/NC(=O)COc2ccc(C)cc2)cc1Br. The smallest absolute Gasteiger partial charge is 0.277 e. The molecular formula is C17H17BrN2O3. The molecular weight excluding hydrogens is 360 g/mol. The van der Waals surface area contributed by atoms with Gasteiger partial charge in [-0.25, -0.2) is 5.43 Å². The van der Waals surface area contributed by atoms with Crippen LogP contribution in [0.4, 0.5) is 0 Å². The maximum Gasteiger partial charge on any atom is 0.277 e. The number of hydrogen-bond acceptors (Lipinski definition) is 4. The van der Waals surface area contributed by atoms with Gasteiger partial charge in [-0.2, -0.15) is 5.10 Å². The molecule has 0 aliphatic carbocycles. The number of amides is 1. The van der Waals surface area contributed by atoms with Crippen LogP contribution in [0, 0.1) is 6.92 Å². The van der Waals surface area contributed by atoms with Crippen LogP contribution in [0.25, 0.3) is 0 Å². The van der Waals surface area contributed by atoms with Gasteiger partial charge in [0, 0.05) is 0 Å². The van der Waals surface area contributed by atoms with E-state index in [-0.39, 0.29) is 12.5 Å². The van der Waals surface area contributed by atoms with Crippen molar-refractivity contribution in [1.82, 2.24) is 5.43 Å². The molecule has 0 aliphatic rings. The molecule has 0 radical (unpaired) electrons. The highest BCUT2D eigenvalue weighted by Gasteiger charge is 2.02. The Morgan fingerprint density at radius 3 is 2.65 bits per heavy atom. The zero-order valence-electron chi connectivity index (χ0n) is 12.9. The van der Waals surface area contributed by atoms with Gasteiger partial charge in [0.25, 0.3) is 5.91 Å². The van der Waals surface area contributed by atoms with Crippen LogP contribution in [-0.4, -0.2) is 25.8 Å². The molecule has 120 valence electrons. The first-order valence-corrected chi connectivity index (χ1v) is 7.72. The summed E-state index contributed by atoms with van der Waals surface area (Å²) in [6, 6.07) is 13.0. The molecule has 6 heteroatoms. The van der Waals surface area contributed by atoms with Gasteiger partial charge in [-0.3, -0.25) is 4.79 Å². The summed E-state index contributed by atoms with van der Waals surface area (Å²) in [6.45, 7) is 1.90. The molecule has 0 aliphatic heterocycles. The number of rotatable bonds is 6. The minimum absolute atomic E-state index is 0.0906. The van der Waals surface area contributed by atoms with Crippen LogP contribution in [0.3, 0.4) is 0 Å². The molecule has 2 aromatic carbocycles. The molecule has 0 spiro atoms. The van der Waals surface area contributed by atoms with E-state index in [9.17, 15) is 4.79 Å². The fourth-order valence-corrected chi connectivity index (χ4v) is 2.32. The fraction of sp³-hybridized carbons (Fsp3) is 0.176.